The van der Waals surface area contributed by atoms with Crippen LogP contribution < -0.4 is 5.43 Å². The van der Waals surface area contributed by atoms with E-state index in [4.69, 9.17) is 4.42 Å². The molecule has 0 aliphatic carbocycles. The van der Waals surface area contributed by atoms with Gasteiger partial charge in [0.1, 0.15) is 5.76 Å². The summed E-state index contributed by atoms with van der Waals surface area (Å²) in [5, 5.41) is 0.603. The Kier molecular flexibility index (Phi) is 2.99. The summed E-state index contributed by atoms with van der Waals surface area (Å²) < 4.78 is 6.67. The van der Waals surface area contributed by atoms with E-state index in [0.29, 0.717) is 16.7 Å². The van der Waals surface area contributed by atoms with Crippen LogP contribution in [0.3, 0.4) is 0 Å². The normalized spacial score (nSPS) is 10.8. The minimum Gasteiger partial charge on any atom is -0.455 e. The fraction of sp³-hybridized carbons (Fsp3) is 0.0625. The van der Waals surface area contributed by atoms with Gasteiger partial charge in [-0.05, 0) is 40.5 Å². The van der Waals surface area contributed by atoms with Crippen LogP contribution in [0, 0.1) is 6.92 Å². The van der Waals surface area contributed by atoms with Crippen LogP contribution in [-0.4, -0.2) is 0 Å². The van der Waals surface area contributed by atoms with Crippen molar-refractivity contribution in [1.29, 1.82) is 0 Å². The molecule has 0 amide bonds. The van der Waals surface area contributed by atoms with Gasteiger partial charge < -0.3 is 4.42 Å². The molecule has 0 spiro atoms. The lowest BCUT2D eigenvalue weighted by atomic mass is 10.1. The summed E-state index contributed by atoms with van der Waals surface area (Å²) in [5.41, 5.74) is 2.49. The molecule has 1 heterocycles. The zero-order valence-corrected chi connectivity index (χ0v) is 11.9. The lowest BCUT2D eigenvalue weighted by molar-refractivity contribution is 0.617. The summed E-state index contributed by atoms with van der Waals surface area (Å²) in [7, 11) is 0. The molecule has 0 aliphatic heterocycles. The zero-order chi connectivity index (χ0) is 13.4. The van der Waals surface area contributed by atoms with Gasteiger partial charge in [-0.2, -0.15) is 0 Å². The maximum absolute atomic E-state index is 12.2. The number of hydrogen-bond donors (Lipinski definition) is 0. The molecule has 3 rings (SSSR count). The predicted molar refractivity (Wildman–Crippen MR) is 80.4 cm³/mol. The Morgan fingerprint density at radius 2 is 1.79 bits per heavy atom. The van der Waals surface area contributed by atoms with Crippen LogP contribution in [0.1, 0.15) is 5.56 Å². The maximum atomic E-state index is 12.2. The van der Waals surface area contributed by atoms with E-state index < -0.39 is 0 Å². The Balaban J connectivity index is 2.34. The monoisotopic (exact) mass is 314 g/mol. The van der Waals surface area contributed by atoms with Crippen LogP contribution in [0.5, 0.6) is 0 Å². The van der Waals surface area contributed by atoms with E-state index in [1.807, 2.05) is 49.4 Å². The van der Waals surface area contributed by atoms with E-state index in [2.05, 4.69) is 15.9 Å². The van der Waals surface area contributed by atoms with Crippen LogP contribution in [0.2, 0.25) is 0 Å². The maximum Gasteiger partial charge on any atom is 0.193 e. The van der Waals surface area contributed by atoms with E-state index in [1.54, 1.807) is 6.07 Å². The molecule has 1 aromatic heterocycles. The zero-order valence-electron chi connectivity index (χ0n) is 10.3. The number of halogens is 1. The van der Waals surface area contributed by atoms with Crippen LogP contribution in [0.25, 0.3) is 22.3 Å². The number of hydrogen-bond acceptors (Lipinski definition) is 2. The van der Waals surface area contributed by atoms with Gasteiger partial charge >= 0.3 is 0 Å². The van der Waals surface area contributed by atoms with Gasteiger partial charge in [-0.15, -0.1) is 0 Å². The van der Waals surface area contributed by atoms with E-state index in [-0.39, 0.29) is 5.43 Å². The number of rotatable bonds is 1. The van der Waals surface area contributed by atoms with E-state index >= 15 is 0 Å². The van der Waals surface area contributed by atoms with Crippen molar-refractivity contribution in [2.24, 2.45) is 0 Å². The molecule has 0 atom stereocenters. The second-order valence-electron chi connectivity index (χ2n) is 4.46. The van der Waals surface area contributed by atoms with E-state index in [0.717, 1.165) is 15.6 Å². The van der Waals surface area contributed by atoms with Crippen molar-refractivity contribution in [3.63, 3.8) is 0 Å². The van der Waals surface area contributed by atoms with Crippen molar-refractivity contribution in [3.8, 4) is 11.3 Å². The summed E-state index contributed by atoms with van der Waals surface area (Å²) in [5.74, 6) is 0.586. The summed E-state index contributed by atoms with van der Waals surface area (Å²) in [6.45, 7) is 1.95. The largest absolute Gasteiger partial charge is 0.455 e. The van der Waals surface area contributed by atoms with Crippen molar-refractivity contribution in [2.75, 3.05) is 0 Å². The molecule has 94 valence electrons. The lowest BCUT2D eigenvalue weighted by Crippen LogP contribution is -2.01. The van der Waals surface area contributed by atoms with Crippen molar-refractivity contribution in [2.45, 2.75) is 6.92 Å². The van der Waals surface area contributed by atoms with Crippen molar-refractivity contribution >= 4 is 26.9 Å². The summed E-state index contributed by atoms with van der Waals surface area (Å²) >= 11 is 3.46. The van der Waals surface area contributed by atoms with E-state index in [9.17, 15) is 4.79 Å². The molecule has 0 aliphatic rings. The van der Waals surface area contributed by atoms with Gasteiger partial charge in [-0.25, -0.2) is 0 Å². The third-order valence-corrected chi connectivity index (χ3v) is 3.57. The predicted octanol–water partition coefficient (Wildman–Crippen LogP) is 4.53. The second kappa shape index (κ2) is 4.67. The highest BCUT2D eigenvalue weighted by Gasteiger charge is 2.09. The first-order valence-electron chi connectivity index (χ1n) is 5.94. The van der Waals surface area contributed by atoms with Crippen LogP contribution in [0.4, 0.5) is 0 Å². The molecule has 2 nitrogen and oxygen atoms in total. The van der Waals surface area contributed by atoms with Crippen LogP contribution in [-0.2, 0) is 0 Å². The fourth-order valence-corrected chi connectivity index (χ4v) is 2.75. The van der Waals surface area contributed by atoms with Crippen LogP contribution in [0.15, 0.2) is 62.2 Å². The Hall–Kier alpha value is -1.87. The molecule has 0 bridgehead atoms. The molecule has 0 radical (unpaired) electrons. The van der Waals surface area contributed by atoms with Gasteiger partial charge in [-0.3, -0.25) is 4.79 Å². The van der Waals surface area contributed by atoms with Gasteiger partial charge in [0.05, 0.1) is 9.86 Å². The Labute approximate surface area is 118 Å². The summed E-state index contributed by atoms with van der Waals surface area (Å²) in [6.07, 6.45) is 0. The van der Waals surface area contributed by atoms with Crippen molar-refractivity contribution in [1.82, 2.24) is 0 Å². The molecule has 3 aromatic rings. The molecule has 0 saturated heterocycles. The van der Waals surface area contributed by atoms with Crippen molar-refractivity contribution in [3.05, 3.63) is 68.8 Å². The number of benzene rings is 2. The van der Waals surface area contributed by atoms with Gasteiger partial charge in [0.2, 0.25) is 0 Å². The smallest absolute Gasteiger partial charge is 0.193 e. The lowest BCUT2D eigenvalue weighted by Gasteiger charge is -2.05. The van der Waals surface area contributed by atoms with Gasteiger partial charge in [-0.1, -0.05) is 30.3 Å². The van der Waals surface area contributed by atoms with Gasteiger partial charge in [0.15, 0.2) is 11.0 Å². The first-order valence-corrected chi connectivity index (χ1v) is 6.74. The highest BCUT2D eigenvalue weighted by molar-refractivity contribution is 9.10. The molecule has 0 saturated carbocycles. The third-order valence-electron chi connectivity index (χ3n) is 2.99. The number of fused-ring (bicyclic) bond motifs is 1. The highest BCUT2D eigenvalue weighted by atomic mass is 79.9. The molecular formula is C16H11BrO2. The minimum absolute atomic E-state index is 0.0236. The molecule has 0 unspecified atom stereocenters. The second-order valence-corrected chi connectivity index (χ2v) is 5.32. The van der Waals surface area contributed by atoms with E-state index in [1.165, 1.54) is 0 Å². The quantitative estimate of drug-likeness (QED) is 0.660. The first kappa shape index (κ1) is 12.2. The molecular weight excluding hydrogens is 304 g/mol. The Bertz CT molecular complexity index is 804. The third kappa shape index (κ3) is 2.22. The standard InChI is InChI=1S/C16H11BrO2/c1-10-7-12-14(18)9-15(11-5-3-2-4-6-11)19-16(12)13(17)8-10/h2-9H,1H3. The number of aryl methyl sites for hydroxylation is 1. The van der Waals surface area contributed by atoms with Crippen molar-refractivity contribution < 1.29 is 4.42 Å². The summed E-state index contributed by atoms with van der Waals surface area (Å²) in [4.78, 5) is 12.2. The SMILES string of the molecule is Cc1cc(Br)c2oc(-c3ccccc3)cc(=O)c2c1. The summed E-state index contributed by atoms with van der Waals surface area (Å²) in [6, 6.07) is 15.0. The molecule has 2 aromatic carbocycles. The first-order chi connectivity index (χ1) is 9.15. The Morgan fingerprint density at radius 1 is 1.05 bits per heavy atom. The highest BCUT2D eigenvalue weighted by Crippen LogP contribution is 2.28. The average Bonchev–Trinajstić information content (AvgIpc) is 2.41. The van der Waals surface area contributed by atoms with Gasteiger partial charge in [0, 0.05) is 11.6 Å². The molecule has 3 heteroatoms. The van der Waals surface area contributed by atoms with Crippen LogP contribution >= 0.6 is 15.9 Å². The average molecular weight is 315 g/mol. The molecule has 19 heavy (non-hydrogen) atoms. The topological polar surface area (TPSA) is 30.2 Å². The molecule has 0 fully saturated rings. The van der Waals surface area contributed by atoms with Gasteiger partial charge in [0.25, 0.3) is 0 Å². The minimum atomic E-state index is -0.0236. The Morgan fingerprint density at radius 3 is 2.53 bits per heavy atom. The molecule has 0 N–H and O–H groups in total. The fourth-order valence-electron chi connectivity index (χ4n) is 2.10.